The van der Waals surface area contributed by atoms with Gasteiger partial charge in [-0.1, -0.05) is 47.5 Å². The van der Waals surface area contributed by atoms with Crippen LogP contribution in [-0.4, -0.2) is 0 Å². The van der Waals surface area contributed by atoms with Crippen LogP contribution in [0.1, 0.15) is 11.1 Å². The van der Waals surface area contributed by atoms with Crippen LogP contribution in [-0.2, 0) is 13.1 Å². The van der Waals surface area contributed by atoms with Gasteiger partial charge in [0, 0.05) is 23.1 Å². The normalized spacial score (nSPS) is 9.89. The Labute approximate surface area is 124 Å². The third-order valence-electron chi connectivity index (χ3n) is 2.48. The summed E-state index contributed by atoms with van der Waals surface area (Å²) in [5, 5.41) is 4.91. The van der Waals surface area contributed by atoms with Gasteiger partial charge in [0.1, 0.15) is 0 Å². The van der Waals surface area contributed by atoms with Crippen molar-refractivity contribution in [2.24, 2.45) is 0 Å². The lowest BCUT2D eigenvalue weighted by Gasteiger charge is -2.05. The third kappa shape index (κ3) is 4.87. The Morgan fingerprint density at radius 2 is 1.00 bits per heavy atom. The standard InChI is InChI=1S/C14H13Cl2N.ClH/c15-13-5-1-11(2-6-13)9-17-10-12-3-7-14(16)8-4-12;/h1-8,17H,9-10H2;1H. The average molecular weight is 303 g/mol. The Bertz CT molecular complexity index is 420. The van der Waals surface area contributed by atoms with Crippen LogP contribution in [0, 0.1) is 0 Å². The van der Waals surface area contributed by atoms with E-state index in [4.69, 9.17) is 23.2 Å². The predicted octanol–water partition coefficient (Wildman–Crippen LogP) is 4.71. The summed E-state index contributed by atoms with van der Waals surface area (Å²) in [6.45, 7) is 1.67. The number of benzene rings is 2. The molecule has 2 aromatic carbocycles. The van der Waals surface area contributed by atoms with Gasteiger partial charge < -0.3 is 5.32 Å². The third-order valence-corrected chi connectivity index (χ3v) is 2.99. The Balaban J connectivity index is 0.00000162. The van der Waals surface area contributed by atoms with Gasteiger partial charge in [0.2, 0.25) is 0 Å². The first kappa shape index (κ1) is 15.3. The van der Waals surface area contributed by atoms with Crippen LogP contribution in [0.25, 0.3) is 0 Å². The van der Waals surface area contributed by atoms with E-state index in [1.165, 1.54) is 11.1 Å². The molecule has 0 saturated carbocycles. The summed E-state index contributed by atoms with van der Waals surface area (Å²) in [5.74, 6) is 0. The number of hydrogen-bond donors (Lipinski definition) is 1. The van der Waals surface area contributed by atoms with E-state index in [1.807, 2.05) is 48.5 Å². The minimum Gasteiger partial charge on any atom is -0.309 e. The first-order valence-electron chi connectivity index (χ1n) is 5.43. The Morgan fingerprint density at radius 3 is 1.33 bits per heavy atom. The second-order valence-electron chi connectivity index (χ2n) is 3.86. The zero-order chi connectivity index (χ0) is 12.1. The maximum Gasteiger partial charge on any atom is 0.0406 e. The molecule has 4 heteroatoms. The lowest BCUT2D eigenvalue weighted by Crippen LogP contribution is -2.12. The molecule has 1 N–H and O–H groups in total. The monoisotopic (exact) mass is 301 g/mol. The zero-order valence-electron chi connectivity index (χ0n) is 9.70. The number of nitrogens with one attached hydrogen (secondary N) is 1. The fourth-order valence-electron chi connectivity index (χ4n) is 1.56. The highest BCUT2D eigenvalue weighted by Gasteiger charge is 1.95. The molecule has 0 radical (unpaired) electrons. The lowest BCUT2D eigenvalue weighted by atomic mass is 10.2. The molecule has 96 valence electrons. The summed E-state index contributed by atoms with van der Waals surface area (Å²) in [4.78, 5) is 0. The molecule has 0 saturated heterocycles. The lowest BCUT2D eigenvalue weighted by molar-refractivity contribution is 0.693. The average Bonchev–Trinajstić information content (AvgIpc) is 2.34. The molecule has 0 aliphatic carbocycles. The van der Waals surface area contributed by atoms with Crippen molar-refractivity contribution in [3.05, 3.63) is 69.7 Å². The first-order valence-corrected chi connectivity index (χ1v) is 6.19. The van der Waals surface area contributed by atoms with Gasteiger partial charge in [-0.15, -0.1) is 12.4 Å². The molecule has 0 unspecified atom stereocenters. The molecular formula is C14H14Cl3N. The van der Waals surface area contributed by atoms with Crippen molar-refractivity contribution in [2.75, 3.05) is 0 Å². The molecule has 2 aromatic rings. The topological polar surface area (TPSA) is 12.0 Å². The summed E-state index contributed by atoms with van der Waals surface area (Å²) in [6, 6.07) is 15.7. The molecule has 18 heavy (non-hydrogen) atoms. The Kier molecular flexibility index (Phi) is 6.51. The van der Waals surface area contributed by atoms with Gasteiger partial charge in [0.05, 0.1) is 0 Å². The van der Waals surface area contributed by atoms with Crippen LogP contribution in [0.3, 0.4) is 0 Å². The van der Waals surface area contributed by atoms with Crippen LogP contribution in [0.2, 0.25) is 10.0 Å². The smallest absolute Gasteiger partial charge is 0.0406 e. The molecule has 0 amide bonds. The molecule has 0 spiro atoms. The van der Waals surface area contributed by atoms with Gasteiger partial charge in [-0.05, 0) is 35.4 Å². The van der Waals surface area contributed by atoms with Crippen molar-refractivity contribution in [1.82, 2.24) is 5.32 Å². The van der Waals surface area contributed by atoms with Gasteiger partial charge in [-0.2, -0.15) is 0 Å². The Hall–Kier alpha value is -0.730. The summed E-state index contributed by atoms with van der Waals surface area (Å²) >= 11 is 11.6. The number of halogens is 3. The minimum absolute atomic E-state index is 0. The largest absolute Gasteiger partial charge is 0.309 e. The van der Waals surface area contributed by atoms with Crippen LogP contribution in [0.5, 0.6) is 0 Å². The van der Waals surface area contributed by atoms with Crippen molar-refractivity contribution in [1.29, 1.82) is 0 Å². The highest BCUT2D eigenvalue weighted by atomic mass is 35.5. The molecule has 0 aromatic heterocycles. The molecule has 0 atom stereocenters. The molecular weight excluding hydrogens is 289 g/mol. The summed E-state index contributed by atoms with van der Waals surface area (Å²) < 4.78 is 0. The minimum atomic E-state index is 0. The van der Waals surface area contributed by atoms with Crippen molar-refractivity contribution in [2.45, 2.75) is 13.1 Å². The highest BCUT2D eigenvalue weighted by molar-refractivity contribution is 6.30. The zero-order valence-corrected chi connectivity index (χ0v) is 12.0. The fraction of sp³-hybridized carbons (Fsp3) is 0.143. The highest BCUT2D eigenvalue weighted by Crippen LogP contribution is 2.11. The fourth-order valence-corrected chi connectivity index (χ4v) is 1.81. The molecule has 0 heterocycles. The maximum atomic E-state index is 5.82. The van der Waals surface area contributed by atoms with Crippen molar-refractivity contribution in [3.63, 3.8) is 0 Å². The molecule has 0 aliphatic heterocycles. The second kappa shape index (κ2) is 7.65. The van der Waals surface area contributed by atoms with Gasteiger partial charge >= 0.3 is 0 Å². The van der Waals surface area contributed by atoms with Crippen LogP contribution in [0.15, 0.2) is 48.5 Å². The molecule has 0 aliphatic rings. The molecule has 0 fully saturated rings. The molecule has 1 nitrogen and oxygen atoms in total. The summed E-state index contributed by atoms with van der Waals surface area (Å²) in [5.41, 5.74) is 2.45. The first-order chi connectivity index (χ1) is 8.24. The van der Waals surface area contributed by atoms with E-state index >= 15 is 0 Å². The van der Waals surface area contributed by atoms with E-state index < -0.39 is 0 Å². The van der Waals surface area contributed by atoms with Gasteiger partial charge in [0.15, 0.2) is 0 Å². The number of rotatable bonds is 4. The van der Waals surface area contributed by atoms with Crippen LogP contribution >= 0.6 is 35.6 Å². The molecule has 0 bridgehead atoms. The molecule has 2 rings (SSSR count). The van der Waals surface area contributed by atoms with E-state index in [-0.39, 0.29) is 12.4 Å². The van der Waals surface area contributed by atoms with Crippen LogP contribution < -0.4 is 5.32 Å². The van der Waals surface area contributed by atoms with Crippen molar-refractivity contribution >= 4 is 35.6 Å². The van der Waals surface area contributed by atoms with Crippen molar-refractivity contribution < 1.29 is 0 Å². The van der Waals surface area contributed by atoms with E-state index in [0.29, 0.717) is 0 Å². The maximum absolute atomic E-state index is 5.82. The van der Waals surface area contributed by atoms with E-state index in [2.05, 4.69) is 5.32 Å². The second-order valence-corrected chi connectivity index (χ2v) is 4.73. The quantitative estimate of drug-likeness (QED) is 0.863. The van der Waals surface area contributed by atoms with Gasteiger partial charge in [-0.3, -0.25) is 0 Å². The van der Waals surface area contributed by atoms with E-state index in [9.17, 15) is 0 Å². The van der Waals surface area contributed by atoms with Crippen molar-refractivity contribution in [3.8, 4) is 0 Å². The van der Waals surface area contributed by atoms with E-state index in [1.54, 1.807) is 0 Å². The van der Waals surface area contributed by atoms with Gasteiger partial charge in [0.25, 0.3) is 0 Å². The summed E-state index contributed by atoms with van der Waals surface area (Å²) in [6.07, 6.45) is 0. The van der Waals surface area contributed by atoms with E-state index in [0.717, 1.165) is 23.1 Å². The Morgan fingerprint density at radius 1 is 0.667 bits per heavy atom. The summed E-state index contributed by atoms with van der Waals surface area (Å²) in [7, 11) is 0. The SMILES string of the molecule is Cl.Clc1ccc(CNCc2ccc(Cl)cc2)cc1. The van der Waals surface area contributed by atoms with Crippen LogP contribution in [0.4, 0.5) is 0 Å². The predicted molar refractivity (Wildman–Crippen MR) is 80.7 cm³/mol. The van der Waals surface area contributed by atoms with Gasteiger partial charge in [-0.25, -0.2) is 0 Å². The number of hydrogen-bond acceptors (Lipinski definition) is 1.